The van der Waals surface area contributed by atoms with E-state index >= 15 is 0 Å². The van der Waals surface area contributed by atoms with E-state index in [0.29, 0.717) is 4.90 Å². The second kappa shape index (κ2) is 13.6. The third kappa shape index (κ3) is 7.17. The first-order valence-corrected chi connectivity index (χ1v) is 17.7. The lowest BCUT2D eigenvalue weighted by Gasteiger charge is -2.20. The lowest BCUT2D eigenvalue weighted by molar-refractivity contribution is 0.463. The number of phenolic OH excluding ortho intramolecular Hbond substituents is 1. The van der Waals surface area contributed by atoms with Crippen molar-refractivity contribution in [1.29, 1.82) is 0 Å². The summed E-state index contributed by atoms with van der Waals surface area (Å²) in [5.74, 6) is 0.152. The molecule has 0 atom stereocenters. The average Bonchev–Trinajstić information content (AvgIpc) is 3.02. The van der Waals surface area contributed by atoms with Crippen LogP contribution in [-0.2, 0) is 5.41 Å². The van der Waals surface area contributed by atoms with Crippen LogP contribution in [0, 0.1) is 0 Å². The zero-order valence-corrected chi connectivity index (χ0v) is 31.4. The van der Waals surface area contributed by atoms with E-state index < -0.39 is 0 Å². The number of rotatable bonds is 5. The van der Waals surface area contributed by atoms with Gasteiger partial charge in [0.1, 0.15) is 5.75 Å². The first kappa shape index (κ1) is 34.1. The van der Waals surface area contributed by atoms with Crippen LogP contribution in [0.3, 0.4) is 0 Å². The SMILES string of the molecule is CC(C)(C)c1ccc(-c2ccc(-c3ccc(-c4ccc(-c5ccc(-c6ccc(O)c(S)c6)c(S)c5)c(S)c4)c(S)c3)c(S)c2)c(S)c1. The summed E-state index contributed by atoms with van der Waals surface area (Å²) in [6.45, 7) is 6.63. The van der Waals surface area contributed by atoms with E-state index in [4.69, 9.17) is 63.1 Å². The third-order valence-corrected chi connectivity index (χ3v) is 10.6. The van der Waals surface area contributed by atoms with Gasteiger partial charge in [-0.3, -0.25) is 0 Å². The van der Waals surface area contributed by atoms with Crippen LogP contribution in [0.25, 0.3) is 55.6 Å². The lowest BCUT2D eigenvalue weighted by atomic mass is 9.86. The second-order valence-electron chi connectivity index (χ2n) is 12.6. The van der Waals surface area contributed by atoms with Crippen LogP contribution in [0.5, 0.6) is 5.75 Å². The number of hydrogen-bond acceptors (Lipinski definition) is 7. The Balaban J connectivity index is 1.25. The number of benzene rings is 6. The average molecular weight is 723 g/mol. The Morgan fingerprint density at radius 1 is 0.362 bits per heavy atom. The molecule has 0 unspecified atom stereocenters. The summed E-state index contributed by atoms with van der Waals surface area (Å²) in [5.41, 5.74) is 11.6. The molecular formula is C40H34OS6. The standard InChI is InChI=1S/C40H34OS6/c1-40(2,3)27-9-14-32(38(46)21-27)25-7-12-30(36(44)19-25)23-5-10-28(34(42)17-23)22-4-11-29(35(43)16-22)24-6-13-31(37(45)18-24)26-8-15-33(41)39(47)20-26/h4-21,41-47H,1-3H3. The molecule has 0 spiro atoms. The van der Waals surface area contributed by atoms with E-state index in [9.17, 15) is 5.11 Å². The smallest absolute Gasteiger partial charge is 0.128 e. The van der Waals surface area contributed by atoms with E-state index in [1.54, 1.807) is 6.07 Å². The molecule has 0 aromatic heterocycles. The maximum Gasteiger partial charge on any atom is 0.128 e. The Morgan fingerprint density at radius 2 is 0.638 bits per heavy atom. The van der Waals surface area contributed by atoms with Crippen LogP contribution in [-0.4, -0.2) is 5.11 Å². The Morgan fingerprint density at radius 3 is 0.915 bits per heavy atom. The Labute approximate surface area is 310 Å². The van der Waals surface area contributed by atoms with Gasteiger partial charge in [-0.2, -0.15) is 0 Å². The molecule has 0 heterocycles. The summed E-state index contributed by atoms with van der Waals surface area (Å²) < 4.78 is 0. The Kier molecular flexibility index (Phi) is 9.88. The number of hydrogen-bond donors (Lipinski definition) is 7. The van der Waals surface area contributed by atoms with E-state index in [1.165, 1.54) is 5.56 Å². The van der Waals surface area contributed by atoms with E-state index in [1.807, 2.05) is 24.3 Å². The van der Waals surface area contributed by atoms with Crippen molar-refractivity contribution in [2.24, 2.45) is 0 Å². The Bertz CT molecular complexity index is 2160. The van der Waals surface area contributed by atoms with Crippen molar-refractivity contribution in [1.82, 2.24) is 0 Å². The molecule has 1 N–H and O–H groups in total. The highest BCUT2D eigenvalue weighted by molar-refractivity contribution is 7.81. The van der Waals surface area contributed by atoms with Gasteiger partial charge in [0.2, 0.25) is 0 Å². The van der Waals surface area contributed by atoms with E-state index in [2.05, 4.69) is 112 Å². The van der Waals surface area contributed by atoms with Gasteiger partial charge in [-0.1, -0.05) is 87.5 Å². The van der Waals surface area contributed by atoms with Crippen molar-refractivity contribution in [2.45, 2.75) is 55.6 Å². The predicted octanol–water partition coefficient (Wildman–Crippen LogP) is 12.8. The molecule has 0 bridgehead atoms. The minimum Gasteiger partial charge on any atom is -0.507 e. The van der Waals surface area contributed by atoms with Crippen LogP contribution >= 0.6 is 75.8 Å². The molecule has 0 radical (unpaired) electrons. The highest BCUT2D eigenvalue weighted by atomic mass is 32.1. The monoisotopic (exact) mass is 722 g/mol. The van der Waals surface area contributed by atoms with Crippen LogP contribution < -0.4 is 0 Å². The fraction of sp³-hybridized carbons (Fsp3) is 0.100. The maximum atomic E-state index is 9.84. The van der Waals surface area contributed by atoms with Gasteiger partial charge in [0, 0.05) is 29.4 Å². The van der Waals surface area contributed by atoms with Gasteiger partial charge in [-0.15, -0.1) is 75.8 Å². The number of aromatic hydroxyl groups is 1. The van der Waals surface area contributed by atoms with Gasteiger partial charge in [-0.05, 0) is 109 Å². The molecule has 6 aromatic carbocycles. The first-order chi connectivity index (χ1) is 22.3. The molecule has 1 nitrogen and oxygen atoms in total. The highest BCUT2D eigenvalue weighted by Crippen LogP contribution is 2.40. The van der Waals surface area contributed by atoms with Crippen LogP contribution in [0.2, 0.25) is 0 Å². The van der Waals surface area contributed by atoms with Gasteiger partial charge in [-0.25, -0.2) is 0 Å². The van der Waals surface area contributed by atoms with Crippen molar-refractivity contribution in [2.75, 3.05) is 0 Å². The zero-order valence-electron chi connectivity index (χ0n) is 26.0. The van der Waals surface area contributed by atoms with E-state index in [-0.39, 0.29) is 11.2 Å². The second-order valence-corrected chi connectivity index (χ2v) is 15.5. The van der Waals surface area contributed by atoms with Gasteiger partial charge in [0.05, 0.1) is 0 Å². The fourth-order valence-electron chi connectivity index (χ4n) is 5.71. The molecule has 6 aromatic rings. The molecule has 7 heteroatoms. The fourth-order valence-corrected chi connectivity index (χ4v) is 7.63. The number of phenols is 1. The quantitative estimate of drug-likeness (QED) is 0.0884. The first-order valence-electron chi connectivity index (χ1n) is 15.0. The minimum atomic E-state index is 0.0675. The topological polar surface area (TPSA) is 20.2 Å². The molecule has 0 aliphatic carbocycles. The summed E-state index contributed by atoms with van der Waals surface area (Å²) in [5, 5.41) is 9.84. The van der Waals surface area contributed by atoms with Crippen molar-refractivity contribution in [3.8, 4) is 61.4 Å². The van der Waals surface area contributed by atoms with Gasteiger partial charge in [0.15, 0.2) is 0 Å². The van der Waals surface area contributed by atoms with Crippen LogP contribution in [0.1, 0.15) is 26.3 Å². The molecule has 0 aliphatic heterocycles. The zero-order chi connectivity index (χ0) is 33.6. The maximum absolute atomic E-state index is 9.84. The van der Waals surface area contributed by atoms with Crippen molar-refractivity contribution in [3.05, 3.63) is 115 Å². The summed E-state index contributed by atoms with van der Waals surface area (Å²) in [6.07, 6.45) is 0. The highest BCUT2D eigenvalue weighted by Gasteiger charge is 2.16. The Hall–Kier alpha value is -2.78. The summed E-state index contributed by atoms with van der Waals surface area (Å²) in [4.78, 5) is 4.93. The predicted molar refractivity (Wildman–Crippen MR) is 217 cm³/mol. The van der Waals surface area contributed by atoms with Gasteiger partial charge >= 0.3 is 0 Å². The molecular weight excluding hydrogens is 689 g/mol. The molecule has 47 heavy (non-hydrogen) atoms. The largest absolute Gasteiger partial charge is 0.507 e. The molecule has 0 saturated heterocycles. The van der Waals surface area contributed by atoms with Crippen LogP contribution in [0.4, 0.5) is 0 Å². The van der Waals surface area contributed by atoms with Gasteiger partial charge in [0.25, 0.3) is 0 Å². The van der Waals surface area contributed by atoms with Crippen molar-refractivity contribution < 1.29 is 5.11 Å². The van der Waals surface area contributed by atoms with Crippen LogP contribution in [0.15, 0.2) is 139 Å². The normalized spacial score (nSPS) is 11.6. The summed E-state index contributed by atoms with van der Waals surface area (Å²) in [7, 11) is 0. The van der Waals surface area contributed by atoms with Crippen molar-refractivity contribution in [3.63, 3.8) is 0 Å². The minimum absolute atomic E-state index is 0.0675. The van der Waals surface area contributed by atoms with Crippen molar-refractivity contribution >= 4 is 75.8 Å². The lowest BCUT2D eigenvalue weighted by Crippen LogP contribution is -2.10. The van der Waals surface area contributed by atoms with E-state index in [0.717, 1.165) is 80.1 Å². The summed E-state index contributed by atoms with van der Waals surface area (Å²) in [6, 6.07) is 36.9. The summed E-state index contributed by atoms with van der Waals surface area (Å²) >= 11 is 28.6. The molecule has 0 amide bonds. The molecule has 6 rings (SSSR count). The third-order valence-electron chi connectivity index (χ3n) is 8.39. The molecule has 0 saturated carbocycles. The molecule has 0 aliphatic rings. The number of thiol groups is 6. The molecule has 236 valence electrons. The van der Waals surface area contributed by atoms with Gasteiger partial charge < -0.3 is 5.11 Å². The molecule has 0 fully saturated rings.